The Morgan fingerprint density at radius 1 is 1.43 bits per heavy atom. The second-order valence-electron chi connectivity index (χ2n) is 4.23. The lowest BCUT2D eigenvalue weighted by Gasteiger charge is -2.15. The van der Waals surface area contributed by atoms with Gasteiger partial charge in [-0.15, -0.1) is 0 Å². The minimum atomic E-state index is 0.533. The third kappa shape index (κ3) is 0.786. The maximum absolute atomic E-state index is 9.05. The van der Waals surface area contributed by atoms with Crippen molar-refractivity contribution in [2.75, 3.05) is 0 Å². The van der Waals surface area contributed by atoms with Crippen molar-refractivity contribution >= 4 is 0 Å². The molecule has 0 amide bonds. The van der Waals surface area contributed by atoms with E-state index in [1.807, 2.05) is 12.1 Å². The van der Waals surface area contributed by atoms with Crippen LogP contribution in [0.2, 0.25) is 0 Å². The lowest BCUT2D eigenvalue weighted by molar-refractivity contribution is 0.784. The van der Waals surface area contributed by atoms with Gasteiger partial charge in [0.05, 0.1) is 11.6 Å². The number of allylic oxidation sites excluding steroid dienone is 2. The average Bonchev–Trinajstić information content (AvgIpc) is 2.74. The monoisotopic (exact) mass is 181 g/mol. The molecule has 2 aliphatic carbocycles. The predicted octanol–water partition coefficient (Wildman–Crippen LogP) is 3.09. The van der Waals surface area contributed by atoms with E-state index in [0.29, 0.717) is 11.8 Å². The summed E-state index contributed by atoms with van der Waals surface area (Å²) in [5.41, 5.74) is 5.02. The Balaban J connectivity index is 2.27. The van der Waals surface area contributed by atoms with E-state index in [9.17, 15) is 0 Å². The molecule has 0 N–H and O–H groups in total. The standard InChI is InChI=1S/C13H11N/c1-8-5-10-6-12(8)13-9(7-14)3-2-4-11(10)13/h2-5,10,12H,6H2,1H3/t10-,12+/m0/s1. The van der Waals surface area contributed by atoms with E-state index in [1.54, 1.807) is 0 Å². The molecular formula is C13H11N. The fraction of sp³-hybridized carbons (Fsp3) is 0.308. The molecule has 0 saturated carbocycles. The zero-order valence-corrected chi connectivity index (χ0v) is 8.12. The fourth-order valence-electron chi connectivity index (χ4n) is 2.90. The van der Waals surface area contributed by atoms with Gasteiger partial charge >= 0.3 is 0 Å². The van der Waals surface area contributed by atoms with Gasteiger partial charge in [0.2, 0.25) is 0 Å². The molecule has 2 atom stereocenters. The number of benzene rings is 1. The molecule has 0 heterocycles. The van der Waals surface area contributed by atoms with Gasteiger partial charge in [-0.1, -0.05) is 23.8 Å². The number of nitrogens with zero attached hydrogens (tertiary/aromatic N) is 1. The lowest BCUT2D eigenvalue weighted by Crippen LogP contribution is -1.99. The van der Waals surface area contributed by atoms with E-state index in [0.717, 1.165) is 5.56 Å². The SMILES string of the molecule is CC1=C[C@H]2C[C@H]1c1c(C#N)cccc12. The van der Waals surface area contributed by atoms with Gasteiger partial charge in [-0.2, -0.15) is 5.26 Å². The van der Waals surface area contributed by atoms with E-state index >= 15 is 0 Å². The quantitative estimate of drug-likeness (QED) is 0.564. The smallest absolute Gasteiger partial charge is 0.0994 e. The summed E-state index contributed by atoms with van der Waals surface area (Å²) in [6, 6.07) is 8.41. The number of nitriles is 1. The summed E-state index contributed by atoms with van der Waals surface area (Å²) in [4.78, 5) is 0. The van der Waals surface area contributed by atoms with Crippen LogP contribution in [-0.4, -0.2) is 0 Å². The summed E-state index contributed by atoms with van der Waals surface area (Å²) in [5.74, 6) is 1.12. The van der Waals surface area contributed by atoms with E-state index in [4.69, 9.17) is 5.26 Å². The van der Waals surface area contributed by atoms with Gasteiger partial charge in [0.1, 0.15) is 0 Å². The van der Waals surface area contributed by atoms with Crippen molar-refractivity contribution in [3.05, 3.63) is 46.5 Å². The van der Waals surface area contributed by atoms with Crippen LogP contribution in [0.4, 0.5) is 0 Å². The van der Waals surface area contributed by atoms with E-state index in [1.165, 1.54) is 23.1 Å². The molecule has 1 aromatic rings. The van der Waals surface area contributed by atoms with Crippen LogP contribution in [-0.2, 0) is 0 Å². The molecule has 2 aliphatic rings. The van der Waals surface area contributed by atoms with Gasteiger partial charge < -0.3 is 0 Å². The Kier molecular flexibility index (Phi) is 1.39. The molecule has 0 radical (unpaired) electrons. The highest BCUT2D eigenvalue weighted by atomic mass is 14.4. The Morgan fingerprint density at radius 3 is 3.07 bits per heavy atom. The Hall–Kier alpha value is -1.55. The highest BCUT2D eigenvalue weighted by Crippen LogP contribution is 2.52. The molecule has 14 heavy (non-hydrogen) atoms. The first kappa shape index (κ1) is 7.82. The van der Waals surface area contributed by atoms with Crippen LogP contribution >= 0.6 is 0 Å². The average molecular weight is 181 g/mol. The number of fused-ring (bicyclic) bond motifs is 5. The van der Waals surface area contributed by atoms with Crippen LogP contribution in [0.1, 0.15) is 41.9 Å². The lowest BCUT2D eigenvalue weighted by atomic mass is 9.89. The zero-order chi connectivity index (χ0) is 9.71. The molecule has 68 valence electrons. The van der Waals surface area contributed by atoms with E-state index in [-0.39, 0.29) is 0 Å². The Morgan fingerprint density at radius 2 is 2.29 bits per heavy atom. The molecular weight excluding hydrogens is 170 g/mol. The van der Waals surface area contributed by atoms with Crippen molar-refractivity contribution in [1.82, 2.24) is 0 Å². The Bertz CT molecular complexity index is 476. The van der Waals surface area contributed by atoms with Crippen LogP contribution in [0.15, 0.2) is 29.8 Å². The first-order valence-corrected chi connectivity index (χ1v) is 5.02. The molecule has 2 bridgehead atoms. The van der Waals surface area contributed by atoms with Gasteiger partial charge in [0, 0.05) is 11.8 Å². The van der Waals surface area contributed by atoms with Crippen LogP contribution < -0.4 is 0 Å². The van der Waals surface area contributed by atoms with Crippen LogP contribution in [0.25, 0.3) is 0 Å². The molecule has 0 aliphatic heterocycles. The van der Waals surface area contributed by atoms with Gasteiger partial charge in [-0.05, 0) is 30.5 Å². The summed E-state index contributed by atoms with van der Waals surface area (Å²) in [6.07, 6.45) is 3.55. The van der Waals surface area contributed by atoms with Crippen LogP contribution in [0.5, 0.6) is 0 Å². The van der Waals surface area contributed by atoms with Gasteiger partial charge in [0.25, 0.3) is 0 Å². The van der Waals surface area contributed by atoms with Crippen molar-refractivity contribution in [3.8, 4) is 6.07 Å². The highest BCUT2D eigenvalue weighted by molar-refractivity contribution is 5.57. The zero-order valence-electron chi connectivity index (χ0n) is 8.12. The molecule has 3 rings (SSSR count). The van der Waals surface area contributed by atoms with Crippen molar-refractivity contribution in [2.45, 2.75) is 25.2 Å². The van der Waals surface area contributed by atoms with Gasteiger partial charge in [-0.3, -0.25) is 0 Å². The molecule has 0 saturated heterocycles. The second kappa shape index (κ2) is 2.48. The first-order chi connectivity index (χ1) is 6.81. The minimum Gasteiger partial charge on any atom is -0.192 e. The van der Waals surface area contributed by atoms with E-state index in [2.05, 4.69) is 25.1 Å². The molecule has 1 aromatic carbocycles. The largest absolute Gasteiger partial charge is 0.192 e. The van der Waals surface area contributed by atoms with Crippen molar-refractivity contribution in [1.29, 1.82) is 5.26 Å². The highest BCUT2D eigenvalue weighted by Gasteiger charge is 2.37. The fourth-order valence-corrected chi connectivity index (χ4v) is 2.90. The summed E-state index contributed by atoms with van der Waals surface area (Å²) in [6.45, 7) is 2.18. The maximum atomic E-state index is 9.05. The maximum Gasteiger partial charge on any atom is 0.0994 e. The first-order valence-electron chi connectivity index (χ1n) is 5.02. The summed E-state index contributed by atoms with van der Waals surface area (Å²) in [5, 5.41) is 9.05. The van der Waals surface area contributed by atoms with Crippen molar-refractivity contribution in [2.24, 2.45) is 0 Å². The molecule has 0 spiro atoms. The third-order valence-corrected chi connectivity index (χ3v) is 3.51. The van der Waals surface area contributed by atoms with Gasteiger partial charge in [-0.25, -0.2) is 0 Å². The second-order valence-corrected chi connectivity index (χ2v) is 4.23. The normalized spacial score (nSPS) is 27.0. The number of hydrogen-bond donors (Lipinski definition) is 0. The Labute approximate surface area is 83.7 Å². The molecule has 0 fully saturated rings. The van der Waals surface area contributed by atoms with Crippen LogP contribution in [0, 0.1) is 11.3 Å². The minimum absolute atomic E-state index is 0.533. The topological polar surface area (TPSA) is 23.8 Å². The summed E-state index contributed by atoms with van der Waals surface area (Å²) in [7, 11) is 0. The number of hydrogen-bond acceptors (Lipinski definition) is 1. The van der Waals surface area contributed by atoms with Crippen molar-refractivity contribution in [3.63, 3.8) is 0 Å². The van der Waals surface area contributed by atoms with Crippen molar-refractivity contribution < 1.29 is 0 Å². The predicted molar refractivity (Wildman–Crippen MR) is 55.0 cm³/mol. The number of rotatable bonds is 0. The molecule has 0 unspecified atom stereocenters. The summed E-state index contributed by atoms with van der Waals surface area (Å²) >= 11 is 0. The van der Waals surface area contributed by atoms with Crippen LogP contribution in [0.3, 0.4) is 0 Å². The molecule has 0 aromatic heterocycles. The third-order valence-electron chi connectivity index (χ3n) is 3.51. The van der Waals surface area contributed by atoms with Gasteiger partial charge in [0.15, 0.2) is 0 Å². The van der Waals surface area contributed by atoms with E-state index < -0.39 is 0 Å². The molecule has 1 heteroatoms. The summed E-state index contributed by atoms with van der Waals surface area (Å²) < 4.78 is 0. The molecule has 1 nitrogen and oxygen atoms in total.